The quantitative estimate of drug-likeness (QED) is 0.0186. The number of likely N-dealkylation sites (tertiary alicyclic amines) is 1. The minimum atomic E-state index is -1.04. The van der Waals surface area contributed by atoms with Gasteiger partial charge >= 0.3 is 12.0 Å². The van der Waals surface area contributed by atoms with Crippen molar-refractivity contribution in [1.29, 1.82) is 5.26 Å². The Bertz CT molecular complexity index is 3720. The number of urea groups is 1. The first-order chi connectivity index (χ1) is 50.8. The largest absolute Gasteiger partial charge is 0.462 e. The maximum Gasteiger partial charge on any atom is 0.319 e. The Kier molecular flexibility index (Phi) is 31.8. The maximum absolute atomic E-state index is 14.1. The Morgan fingerprint density at radius 3 is 2.03 bits per heavy atom. The molecule has 0 aliphatic carbocycles. The molecule has 1 aromatic heterocycles. The first-order valence-corrected chi connectivity index (χ1v) is 37.2. The number of nitrogens with one attached hydrogen (secondary N) is 3. The van der Waals surface area contributed by atoms with Gasteiger partial charge in [0.2, 0.25) is 11.8 Å². The number of nitriles is 1. The third-order valence-electron chi connectivity index (χ3n) is 19.1. The highest BCUT2D eigenvalue weighted by molar-refractivity contribution is 6.36. The molecule has 5 aromatic rings. The lowest BCUT2D eigenvalue weighted by Crippen LogP contribution is -2.55. The van der Waals surface area contributed by atoms with E-state index in [1.54, 1.807) is 18.2 Å². The molecule has 25 nitrogen and oxygen atoms in total. The van der Waals surface area contributed by atoms with Crippen LogP contribution in [0.1, 0.15) is 109 Å². The van der Waals surface area contributed by atoms with Crippen molar-refractivity contribution >= 4 is 80.8 Å². The predicted molar refractivity (Wildman–Crippen MR) is 392 cm³/mol. The molecule has 5 aliphatic heterocycles. The van der Waals surface area contributed by atoms with Crippen LogP contribution in [0.2, 0.25) is 10.0 Å². The SMILES string of the molecule is C=C(F)C(=O)N1CCN(c2nc(OC[C@@H]3CCCN3CCOCCOCCOCCOCCOCCOCCOCCOCCCCCCCCc3cc(Cl)cc(NC(=O)NCc4ccc5c(c4)CN(C4CCC(=O)NC4=O)C5=O)c3)nc3c2CCN(c2cccc4cccc(Cl)c24)C3)C[C@@H]1CC#N. The zero-order valence-corrected chi connectivity index (χ0v) is 60.9. The molecule has 0 bridgehead atoms. The van der Waals surface area contributed by atoms with Gasteiger partial charge in [0.05, 0.1) is 135 Å². The number of carbonyl (C=O) groups excluding carboxylic acids is 5. The lowest BCUT2D eigenvalue weighted by Gasteiger charge is -2.42. The average molecular weight is 1480 g/mol. The van der Waals surface area contributed by atoms with Crippen molar-refractivity contribution in [3.8, 4) is 12.1 Å². The minimum Gasteiger partial charge on any atom is -0.462 e. The molecule has 0 saturated carbocycles. The van der Waals surface area contributed by atoms with Gasteiger partial charge in [0.15, 0.2) is 5.83 Å². The number of amides is 6. The van der Waals surface area contributed by atoms with Crippen molar-refractivity contribution in [2.45, 2.75) is 121 Å². The highest BCUT2D eigenvalue weighted by Gasteiger charge is 2.40. The third-order valence-corrected chi connectivity index (χ3v) is 19.6. The van der Waals surface area contributed by atoms with E-state index >= 15 is 0 Å². The van der Waals surface area contributed by atoms with Crippen molar-refractivity contribution in [2.75, 3.05) is 167 Å². The number of nitrogens with zero attached hydrogens (tertiary/aromatic N) is 8. The Morgan fingerprint density at radius 2 is 1.35 bits per heavy atom. The van der Waals surface area contributed by atoms with Crippen molar-refractivity contribution in [3.05, 3.63) is 129 Å². The lowest BCUT2D eigenvalue weighted by molar-refractivity contribution is -0.137. The number of unbranched alkanes of at least 4 members (excludes halogenated alkanes) is 5. The standard InChI is InChI=1S/C76H98Cl2FN11O14/c1-54(79)73(93)89-27-26-88(51-61(89)21-23-80)71-64-22-25-87(67-16-9-13-57-12-8-15-65(78)70(57)67)52-66(64)83-76(85-71)104-53-62-14-10-24-86(62)28-30-97-32-34-99-36-38-101-40-42-103-44-43-102-41-39-100-37-35-98-33-31-96-29-7-5-3-2-4-6-11-55-46-59(77)48-60(47-55)82-75(95)81-49-56-17-18-63-58(45-56)50-90(74(63)94)68-19-20-69(91)84-72(68)92/h8-9,12-13,15-18,45-48,61-62,68H,1-7,10-11,14,19-22,24-44,49-53H2,(H2,81,82,95)(H,84,91,92)/t61-,62-,68?/m0/s1. The molecule has 562 valence electrons. The van der Waals surface area contributed by atoms with Crippen molar-refractivity contribution in [1.82, 2.24) is 35.3 Å². The van der Waals surface area contributed by atoms with Gasteiger partial charge < -0.3 is 72.9 Å². The highest BCUT2D eigenvalue weighted by Crippen LogP contribution is 2.38. The number of aryl methyl sites for hydroxylation is 1. The first kappa shape index (κ1) is 78.9. The van der Waals surface area contributed by atoms with Crippen LogP contribution in [0.15, 0.2) is 85.2 Å². The molecule has 1 unspecified atom stereocenters. The van der Waals surface area contributed by atoms with Crippen LogP contribution in [-0.4, -0.2) is 224 Å². The van der Waals surface area contributed by atoms with Gasteiger partial charge in [-0.05, 0) is 110 Å². The van der Waals surface area contributed by atoms with Crippen LogP contribution < -0.4 is 30.5 Å². The van der Waals surface area contributed by atoms with E-state index in [1.165, 1.54) is 9.80 Å². The molecule has 4 aromatic carbocycles. The summed E-state index contributed by atoms with van der Waals surface area (Å²) in [5.41, 5.74) is 6.60. The van der Waals surface area contributed by atoms with Gasteiger partial charge in [0.1, 0.15) is 18.5 Å². The number of benzene rings is 4. The number of piperidine rings is 1. The molecule has 0 radical (unpaired) electrons. The molecule has 6 heterocycles. The number of ether oxygens (including phenoxy) is 9. The number of rotatable bonds is 44. The highest BCUT2D eigenvalue weighted by atomic mass is 35.5. The molecule has 6 amide bonds. The van der Waals surface area contributed by atoms with E-state index < -0.39 is 29.7 Å². The van der Waals surface area contributed by atoms with Gasteiger partial charge in [-0.15, -0.1) is 0 Å². The van der Waals surface area contributed by atoms with E-state index in [9.17, 15) is 33.6 Å². The van der Waals surface area contributed by atoms with Crippen molar-refractivity contribution < 1.29 is 71.0 Å². The number of hydrogen-bond donors (Lipinski definition) is 3. The second-order valence-electron chi connectivity index (χ2n) is 26.4. The zero-order chi connectivity index (χ0) is 72.8. The van der Waals surface area contributed by atoms with Crippen molar-refractivity contribution in [2.24, 2.45) is 0 Å². The van der Waals surface area contributed by atoms with Gasteiger partial charge in [0, 0.05) is 97.8 Å². The van der Waals surface area contributed by atoms with Crippen LogP contribution in [0.4, 0.5) is 26.4 Å². The number of hydrogen-bond acceptors (Lipinski definition) is 20. The second kappa shape index (κ2) is 41.9. The third kappa shape index (κ3) is 23.7. The fourth-order valence-electron chi connectivity index (χ4n) is 13.8. The smallest absolute Gasteiger partial charge is 0.319 e. The molecular weight excluding hydrogens is 1380 g/mol. The molecule has 28 heteroatoms. The Balaban J connectivity index is 0.485. The number of carbonyl (C=O) groups is 5. The molecular formula is C76H98Cl2FN11O14. The number of anilines is 3. The molecule has 3 saturated heterocycles. The zero-order valence-electron chi connectivity index (χ0n) is 59.4. The fraction of sp³-hybridized carbons (Fsp3) is 0.553. The van der Waals surface area contributed by atoms with Crippen LogP contribution in [0, 0.1) is 11.3 Å². The number of fused-ring (bicyclic) bond motifs is 3. The van der Waals surface area contributed by atoms with Crippen LogP contribution in [0.3, 0.4) is 0 Å². The number of aromatic nitrogens is 2. The summed E-state index contributed by atoms with van der Waals surface area (Å²) in [6, 6.07) is 24.0. The number of piperazine rings is 1. The van der Waals surface area contributed by atoms with Gasteiger partial charge in [0.25, 0.3) is 11.8 Å². The summed E-state index contributed by atoms with van der Waals surface area (Å²) >= 11 is 13.2. The van der Waals surface area contributed by atoms with E-state index in [0.29, 0.717) is 178 Å². The normalized spacial score (nSPS) is 17.5. The fourth-order valence-corrected chi connectivity index (χ4v) is 14.3. The summed E-state index contributed by atoms with van der Waals surface area (Å²) in [6.45, 7) is 15.7. The first-order valence-electron chi connectivity index (χ1n) is 36.5. The molecule has 0 spiro atoms. The van der Waals surface area contributed by atoms with E-state index in [1.807, 2.05) is 36.4 Å². The van der Waals surface area contributed by atoms with E-state index in [-0.39, 0.29) is 62.4 Å². The van der Waals surface area contributed by atoms with Gasteiger partial charge in [-0.3, -0.25) is 29.4 Å². The lowest BCUT2D eigenvalue weighted by atomic mass is 10.0. The molecule has 10 rings (SSSR count). The summed E-state index contributed by atoms with van der Waals surface area (Å²) in [7, 11) is 0. The van der Waals surface area contributed by atoms with Gasteiger partial charge in [-0.25, -0.2) is 9.18 Å². The molecule has 104 heavy (non-hydrogen) atoms. The molecule has 5 aliphatic rings. The topological polar surface area (TPSA) is 270 Å². The summed E-state index contributed by atoms with van der Waals surface area (Å²) in [5.74, 6) is -2.15. The molecule has 3 atom stereocenters. The monoisotopic (exact) mass is 1480 g/mol. The van der Waals surface area contributed by atoms with Crippen LogP contribution >= 0.6 is 23.2 Å². The number of halogens is 3. The number of imide groups is 1. The van der Waals surface area contributed by atoms with E-state index in [4.69, 9.17) is 75.8 Å². The average Bonchev–Trinajstić information content (AvgIpc) is 1.76. The van der Waals surface area contributed by atoms with Gasteiger partial charge in [-0.2, -0.15) is 15.2 Å². The van der Waals surface area contributed by atoms with E-state index in [0.717, 1.165) is 115 Å². The minimum absolute atomic E-state index is 0.0362. The Labute approximate surface area is 618 Å². The van der Waals surface area contributed by atoms with Gasteiger partial charge in [-0.1, -0.05) is 91.9 Å². The van der Waals surface area contributed by atoms with Crippen molar-refractivity contribution in [3.63, 3.8) is 0 Å². The van der Waals surface area contributed by atoms with Crippen LogP contribution in [-0.2, 0) is 84.8 Å². The van der Waals surface area contributed by atoms with Crippen LogP contribution in [0.25, 0.3) is 10.8 Å². The predicted octanol–water partition coefficient (Wildman–Crippen LogP) is 9.56. The van der Waals surface area contributed by atoms with Crippen LogP contribution in [0.5, 0.6) is 6.01 Å². The summed E-state index contributed by atoms with van der Waals surface area (Å²) < 4.78 is 66.2. The second-order valence-corrected chi connectivity index (χ2v) is 27.2. The maximum atomic E-state index is 14.1. The molecule has 3 N–H and O–H groups in total. The van der Waals surface area contributed by atoms with E-state index in [2.05, 4.69) is 61.5 Å². The summed E-state index contributed by atoms with van der Waals surface area (Å²) in [4.78, 5) is 82.4. The Morgan fingerprint density at radius 1 is 0.683 bits per heavy atom. The molecule has 3 fully saturated rings. The summed E-state index contributed by atoms with van der Waals surface area (Å²) in [5, 5.41) is 21.0. The summed E-state index contributed by atoms with van der Waals surface area (Å²) in [6.07, 6.45) is 10.4. The Hall–Kier alpha value is -7.65.